The smallest absolute Gasteiger partial charge is 0.328 e. The summed E-state index contributed by atoms with van der Waals surface area (Å²) >= 11 is 3.36. The Morgan fingerprint density at radius 2 is 2.33 bits per heavy atom. The number of nitrogens with one attached hydrogen (secondary N) is 1. The van der Waals surface area contributed by atoms with E-state index in [-0.39, 0.29) is 5.97 Å². The normalized spacial score (nSPS) is 16.2. The van der Waals surface area contributed by atoms with Crippen LogP contribution in [0.5, 0.6) is 0 Å². The minimum Gasteiger partial charge on any atom is -0.464 e. The first kappa shape index (κ1) is 13.3. The number of anilines is 1. The van der Waals surface area contributed by atoms with E-state index in [4.69, 9.17) is 4.74 Å². The van der Waals surface area contributed by atoms with Gasteiger partial charge in [-0.15, -0.1) is 0 Å². The third kappa shape index (κ3) is 3.41. The molecule has 18 heavy (non-hydrogen) atoms. The zero-order valence-corrected chi connectivity index (χ0v) is 12.0. The number of hydrogen-bond acceptors (Lipinski definition) is 5. The van der Waals surface area contributed by atoms with Gasteiger partial charge in [0.2, 0.25) is 0 Å². The quantitative estimate of drug-likeness (QED) is 0.668. The average molecular weight is 314 g/mol. The maximum Gasteiger partial charge on any atom is 0.328 e. The Kier molecular flexibility index (Phi) is 4.16. The minimum atomic E-state index is -0.418. The SMILES string of the molecule is CCOC(=O)C(C)Nc1cc(Br)nc(C2CC2)n1. The lowest BCUT2D eigenvalue weighted by atomic mass is 10.3. The van der Waals surface area contributed by atoms with E-state index < -0.39 is 6.04 Å². The fourth-order valence-corrected chi connectivity index (χ4v) is 1.98. The van der Waals surface area contributed by atoms with Gasteiger partial charge in [0.05, 0.1) is 6.61 Å². The summed E-state index contributed by atoms with van der Waals surface area (Å²) in [6.45, 7) is 3.92. The molecular weight excluding hydrogens is 298 g/mol. The first-order chi connectivity index (χ1) is 8.60. The lowest BCUT2D eigenvalue weighted by Crippen LogP contribution is -2.28. The molecule has 0 spiro atoms. The van der Waals surface area contributed by atoms with Crippen LogP contribution in [0.2, 0.25) is 0 Å². The van der Waals surface area contributed by atoms with Crippen LogP contribution in [0.3, 0.4) is 0 Å². The summed E-state index contributed by atoms with van der Waals surface area (Å²) in [5.41, 5.74) is 0. The van der Waals surface area contributed by atoms with Gasteiger partial charge in [-0.3, -0.25) is 0 Å². The molecule has 6 heteroatoms. The van der Waals surface area contributed by atoms with E-state index >= 15 is 0 Å². The van der Waals surface area contributed by atoms with Gasteiger partial charge in [-0.1, -0.05) is 0 Å². The molecule has 2 rings (SSSR count). The molecule has 0 aliphatic heterocycles. The predicted molar refractivity (Wildman–Crippen MR) is 71.4 cm³/mol. The monoisotopic (exact) mass is 313 g/mol. The Balaban J connectivity index is 2.06. The van der Waals surface area contributed by atoms with E-state index in [2.05, 4.69) is 31.2 Å². The number of rotatable bonds is 5. The van der Waals surface area contributed by atoms with Gasteiger partial charge < -0.3 is 10.1 Å². The molecule has 1 saturated carbocycles. The van der Waals surface area contributed by atoms with Crippen LogP contribution in [0.4, 0.5) is 5.82 Å². The van der Waals surface area contributed by atoms with Crippen molar-refractivity contribution in [2.24, 2.45) is 0 Å². The molecule has 1 atom stereocenters. The molecule has 0 bridgehead atoms. The summed E-state index contributed by atoms with van der Waals surface area (Å²) in [7, 11) is 0. The van der Waals surface area contributed by atoms with Gasteiger partial charge in [0.15, 0.2) is 0 Å². The zero-order valence-electron chi connectivity index (χ0n) is 10.4. The topological polar surface area (TPSA) is 64.1 Å². The van der Waals surface area contributed by atoms with Gasteiger partial charge in [-0.05, 0) is 42.6 Å². The second-order valence-electron chi connectivity index (χ2n) is 4.33. The molecule has 98 valence electrons. The van der Waals surface area contributed by atoms with Gasteiger partial charge in [0.1, 0.15) is 22.3 Å². The average Bonchev–Trinajstić information content (AvgIpc) is 3.12. The maximum absolute atomic E-state index is 11.5. The van der Waals surface area contributed by atoms with Crippen LogP contribution in [0.1, 0.15) is 38.4 Å². The minimum absolute atomic E-state index is 0.278. The lowest BCUT2D eigenvalue weighted by Gasteiger charge is -2.13. The first-order valence-corrected chi connectivity index (χ1v) is 6.87. The molecule has 0 amide bonds. The fraction of sp³-hybridized carbons (Fsp3) is 0.583. The van der Waals surface area contributed by atoms with Crippen LogP contribution >= 0.6 is 15.9 Å². The van der Waals surface area contributed by atoms with Gasteiger partial charge >= 0.3 is 5.97 Å². The number of hydrogen-bond donors (Lipinski definition) is 1. The van der Waals surface area contributed by atoms with Crippen LogP contribution < -0.4 is 5.32 Å². The molecule has 1 fully saturated rings. The maximum atomic E-state index is 11.5. The summed E-state index contributed by atoms with van der Waals surface area (Å²) in [4.78, 5) is 20.3. The molecule has 5 nitrogen and oxygen atoms in total. The molecule has 1 aromatic rings. The van der Waals surface area contributed by atoms with Crippen LogP contribution in [0.25, 0.3) is 0 Å². The van der Waals surface area contributed by atoms with Gasteiger partial charge in [-0.25, -0.2) is 14.8 Å². The molecule has 0 aromatic carbocycles. The Morgan fingerprint density at radius 3 is 2.94 bits per heavy atom. The number of aromatic nitrogens is 2. The Morgan fingerprint density at radius 1 is 1.61 bits per heavy atom. The Labute approximate surface area is 114 Å². The summed E-state index contributed by atoms with van der Waals surface area (Å²) in [6, 6.07) is 1.35. The molecule has 1 heterocycles. The lowest BCUT2D eigenvalue weighted by molar-refractivity contribution is -0.143. The molecular formula is C12H16BrN3O2. The van der Waals surface area contributed by atoms with Crippen LogP contribution in [0.15, 0.2) is 10.7 Å². The summed E-state index contributed by atoms with van der Waals surface area (Å²) < 4.78 is 5.67. The summed E-state index contributed by atoms with van der Waals surface area (Å²) in [5, 5.41) is 3.03. The van der Waals surface area contributed by atoms with E-state index in [1.54, 1.807) is 19.9 Å². The second-order valence-corrected chi connectivity index (χ2v) is 5.14. The molecule has 1 aliphatic carbocycles. The van der Waals surface area contributed by atoms with E-state index in [0.717, 1.165) is 23.3 Å². The Hall–Kier alpha value is -1.17. The van der Waals surface area contributed by atoms with Crippen LogP contribution in [0, 0.1) is 0 Å². The van der Waals surface area contributed by atoms with Crippen molar-refractivity contribution in [3.05, 3.63) is 16.5 Å². The zero-order chi connectivity index (χ0) is 13.1. The molecule has 1 unspecified atom stereocenters. The number of nitrogens with zero attached hydrogens (tertiary/aromatic N) is 2. The number of carbonyl (C=O) groups excluding carboxylic acids is 1. The number of ether oxygens (including phenoxy) is 1. The van der Waals surface area contributed by atoms with E-state index in [1.807, 2.05) is 0 Å². The number of esters is 1. The van der Waals surface area contributed by atoms with E-state index in [0.29, 0.717) is 18.3 Å². The van der Waals surface area contributed by atoms with Crippen molar-refractivity contribution < 1.29 is 9.53 Å². The summed E-state index contributed by atoms with van der Waals surface area (Å²) in [6.07, 6.45) is 2.28. The highest BCUT2D eigenvalue weighted by Crippen LogP contribution is 2.38. The predicted octanol–water partition coefficient (Wildman–Crippen LogP) is 2.48. The third-order valence-electron chi connectivity index (χ3n) is 2.66. The van der Waals surface area contributed by atoms with Gasteiger partial charge in [-0.2, -0.15) is 0 Å². The molecule has 1 aliphatic rings. The summed E-state index contributed by atoms with van der Waals surface area (Å²) in [5.74, 6) is 1.68. The van der Waals surface area contributed by atoms with Gasteiger partial charge in [0.25, 0.3) is 0 Å². The second kappa shape index (κ2) is 5.65. The highest BCUT2D eigenvalue weighted by atomic mass is 79.9. The molecule has 0 saturated heterocycles. The van der Waals surface area contributed by atoms with Crippen molar-refractivity contribution in [2.75, 3.05) is 11.9 Å². The third-order valence-corrected chi connectivity index (χ3v) is 3.07. The van der Waals surface area contributed by atoms with E-state index in [9.17, 15) is 4.79 Å². The Bertz CT molecular complexity index is 449. The van der Waals surface area contributed by atoms with Crippen molar-refractivity contribution >= 4 is 27.7 Å². The van der Waals surface area contributed by atoms with Crippen LogP contribution in [-0.2, 0) is 9.53 Å². The largest absolute Gasteiger partial charge is 0.464 e. The van der Waals surface area contributed by atoms with Crippen LogP contribution in [-0.4, -0.2) is 28.6 Å². The number of carbonyl (C=O) groups is 1. The first-order valence-electron chi connectivity index (χ1n) is 6.07. The highest BCUT2D eigenvalue weighted by molar-refractivity contribution is 9.10. The van der Waals surface area contributed by atoms with E-state index in [1.165, 1.54) is 0 Å². The molecule has 1 aromatic heterocycles. The fourth-order valence-electron chi connectivity index (χ4n) is 1.58. The van der Waals surface area contributed by atoms with Crippen molar-refractivity contribution in [2.45, 2.75) is 38.6 Å². The molecule has 0 radical (unpaired) electrons. The highest BCUT2D eigenvalue weighted by Gasteiger charge is 2.27. The van der Waals surface area contributed by atoms with Crippen molar-refractivity contribution in [3.8, 4) is 0 Å². The molecule has 1 N–H and O–H groups in total. The standard InChI is InChI=1S/C12H16BrN3O2/c1-3-18-12(17)7(2)14-10-6-9(13)15-11(16-10)8-4-5-8/h6-8H,3-5H2,1-2H3,(H,14,15,16). The van der Waals surface area contributed by atoms with Crippen molar-refractivity contribution in [1.82, 2.24) is 9.97 Å². The van der Waals surface area contributed by atoms with Crippen molar-refractivity contribution in [3.63, 3.8) is 0 Å². The number of halogens is 1. The van der Waals surface area contributed by atoms with Gasteiger partial charge in [0, 0.05) is 12.0 Å². The van der Waals surface area contributed by atoms with Crippen molar-refractivity contribution in [1.29, 1.82) is 0 Å².